The van der Waals surface area contributed by atoms with Crippen LogP contribution in [-0.2, 0) is 9.53 Å². The van der Waals surface area contributed by atoms with E-state index >= 15 is 0 Å². The Morgan fingerprint density at radius 2 is 1.83 bits per heavy atom. The van der Waals surface area contributed by atoms with Gasteiger partial charge in [0.25, 0.3) is 0 Å². The Morgan fingerprint density at radius 3 is 2.46 bits per heavy atom. The van der Waals surface area contributed by atoms with Crippen LogP contribution >= 0.6 is 0 Å². The first-order valence-electron chi connectivity index (χ1n) is 9.17. The Hall–Kier alpha value is -1.57. The molecule has 0 saturated carbocycles. The number of carbonyl (C=O) groups excluding carboxylic acids is 1. The first-order valence-corrected chi connectivity index (χ1v) is 9.17. The number of ether oxygens (including phenoxy) is 1. The van der Waals surface area contributed by atoms with Crippen molar-refractivity contribution in [1.29, 1.82) is 0 Å². The predicted octanol–water partition coefficient (Wildman–Crippen LogP) is 6.55. The van der Waals surface area contributed by atoms with E-state index in [1.54, 1.807) is 0 Å². The number of allylic oxidation sites excluding steroid dienone is 7. The van der Waals surface area contributed by atoms with Gasteiger partial charge in [-0.25, -0.2) is 4.79 Å². The summed E-state index contributed by atoms with van der Waals surface area (Å²) in [6.45, 7) is 13.0. The molecule has 1 atom stereocenters. The molecule has 0 aromatic carbocycles. The molecule has 0 saturated heterocycles. The summed E-state index contributed by atoms with van der Waals surface area (Å²) < 4.78 is 4.89. The van der Waals surface area contributed by atoms with Crippen LogP contribution in [0.2, 0.25) is 0 Å². The lowest BCUT2D eigenvalue weighted by Gasteiger charge is -2.09. The molecule has 0 heterocycles. The zero-order valence-electron chi connectivity index (χ0n) is 16.5. The van der Waals surface area contributed by atoms with Crippen LogP contribution in [0.1, 0.15) is 73.6 Å². The maximum atomic E-state index is 11.3. The first-order chi connectivity index (χ1) is 11.3. The van der Waals surface area contributed by atoms with Gasteiger partial charge in [-0.2, -0.15) is 0 Å². The summed E-state index contributed by atoms with van der Waals surface area (Å²) >= 11 is 0. The smallest absolute Gasteiger partial charge is 0.330 e. The van der Waals surface area contributed by atoms with Crippen molar-refractivity contribution in [3.05, 3.63) is 47.1 Å². The molecule has 0 fully saturated rings. The van der Waals surface area contributed by atoms with Gasteiger partial charge < -0.3 is 4.74 Å². The highest BCUT2D eigenvalue weighted by atomic mass is 16.5. The molecule has 0 aromatic heterocycles. The van der Waals surface area contributed by atoms with E-state index in [4.69, 9.17) is 4.74 Å². The fourth-order valence-corrected chi connectivity index (χ4v) is 2.40. The average molecular weight is 333 g/mol. The molecular formula is C22H36O2. The zero-order valence-corrected chi connectivity index (χ0v) is 16.5. The van der Waals surface area contributed by atoms with Gasteiger partial charge in [-0.3, -0.25) is 0 Å². The van der Waals surface area contributed by atoms with E-state index in [9.17, 15) is 4.79 Å². The lowest BCUT2D eigenvalue weighted by Crippen LogP contribution is -1.99. The van der Waals surface area contributed by atoms with Gasteiger partial charge in [0.05, 0.1) is 6.61 Å². The Kier molecular flexibility index (Phi) is 12.9. The van der Waals surface area contributed by atoms with Gasteiger partial charge in [-0.05, 0) is 71.8 Å². The molecular weight excluding hydrogens is 296 g/mol. The monoisotopic (exact) mass is 332 g/mol. The number of hydrogen-bond acceptors (Lipinski definition) is 2. The maximum absolute atomic E-state index is 11.3. The second kappa shape index (κ2) is 13.8. The summed E-state index contributed by atoms with van der Waals surface area (Å²) in [5, 5.41) is 0. The standard InChI is InChI=1S/C22H36O2/c1-7-24-22(23)17-21(6)16-10-15-20(5)14-9-13-19(4)12-8-11-18(2)3/h10-11,15-17,19H,7-9,12-14H2,1-6H3. The molecule has 0 amide bonds. The molecule has 0 aromatic rings. The van der Waals surface area contributed by atoms with Crippen molar-refractivity contribution >= 4 is 5.97 Å². The topological polar surface area (TPSA) is 26.3 Å². The highest BCUT2D eigenvalue weighted by molar-refractivity contribution is 5.83. The van der Waals surface area contributed by atoms with Crippen molar-refractivity contribution in [3.63, 3.8) is 0 Å². The van der Waals surface area contributed by atoms with Crippen molar-refractivity contribution in [2.75, 3.05) is 6.61 Å². The number of esters is 1. The van der Waals surface area contributed by atoms with Crippen LogP contribution in [0.3, 0.4) is 0 Å². The van der Waals surface area contributed by atoms with Crippen LogP contribution < -0.4 is 0 Å². The average Bonchev–Trinajstić information content (AvgIpc) is 2.46. The quantitative estimate of drug-likeness (QED) is 0.185. The number of hydrogen-bond donors (Lipinski definition) is 0. The van der Waals surface area contributed by atoms with Crippen LogP contribution in [0.15, 0.2) is 47.1 Å². The minimum Gasteiger partial charge on any atom is -0.463 e. The Morgan fingerprint density at radius 1 is 1.12 bits per heavy atom. The van der Waals surface area contributed by atoms with Crippen LogP contribution in [0.5, 0.6) is 0 Å². The normalized spacial score (nSPS) is 13.9. The minimum absolute atomic E-state index is 0.276. The van der Waals surface area contributed by atoms with E-state index in [0.717, 1.165) is 17.9 Å². The predicted molar refractivity (Wildman–Crippen MR) is 105 cm³/mol. The van der Waals surface area contributed by atoms with Crippen molar-refractivity contribution in [2.45, 2.75) is 73.6 Å². The molecule has 24 heavy (non-hydrogen) atoms. The van der Waals surface area contributed by atoms with Crippen molar-refractivity contribution in [1.82, 2.24) is 0 Å². The highest BCUT2D eigenvalue weighted by Gasteiger charge is 2.01. The Bertz CT molecular complexity index is 474. The molecule has 0 N–H and O–H groups in total. The molecule has 0 bridgehead atoms. The number of carbonyl (C=O) groups is 1. The second-order valence-corrected chi connectivity index (χ2v) is 6.87. The van der Waals surface area contributed by atoms with Gasteiger partial charge >= 0.3 is 5.97 Å². The first kappa shape index (κ1) is 22.4. The van der Waals surface area contributed by atoms with Crippen LogP contribution in [0, 0.1) is 5.92 Å². The molecule has 0 aliphatic rings. The van der Waals surface area contributed by atoms with E-state index in [-0.39, 0.29) is 5.97 Å². The third kappa shape index (κ3) is 14.0. The molecule has 2 heteroatoms. The summed E-state index contributed by atoms with van der Waals surface area (Å²) in [4.78, 5) is 11.3. The molecule has 0 radical (unpaired) electrons. The summed E-state index contributed by atoms with van der Waals surface area (Å²) in [6.07, 6.45) is 16.1. The number of rotatable bonds is 11. The van der Waals surface area contributed by atoms with Crippen molar-refractivity contribution < 1.29 is 9.53 Å². The van der Waals surface area contributed by atoms with E-state index < -0.39 is 0 Å². The molecule has 0 rings (SSSR count). The highest BCUT2D eigenvalue weighted by Crippen LogP contribution is 2.17. The van der Waals surface area contributed by atoms with Crippen LogP contribution in [-0.4, -0.2) is 12.6 Å². The summed E-state index contributed by atoms with van der Waals surface area (Å²) in [5.41, 5.74) is 3.71. The van der Waals surface area contributed by atoms with E-state index in [1.165, 1.54) is 42.9 Å². The molecule has 0 aliphatic heterocycles. The van der Waals surface area contributed by atoms with Gasteiger partial charge in [0, 0.05) is 6.08 Å². The lowest BCUT2D eigenvalue weighted by molar-refractivity contribution is -0.137. The van der Waals surface area contributed by atoms with Gasteiger partial charge in [-0.15, -0.1) is 0 Å². The zero-order chi connectivity index (χ0) is 18.4. The van der Waals surface area contributed by atoms with Gasteiger partial charge in [0.2, 0.25) is 0 Å². The molecule has 0 spiro atoms. The summed E-state index contributed by atoms with van der Waals surface area (Å²) in [5.74, 6) is 0.515. The van der Waals surface area contributed by atoms with E-state index in [0.29, 0.717) is 6.61 Å². The Labute approximate surface area is 149 Å². The largest absolute Gasteiger partial charge is 0.463 e. The van der Waals surface area contributed by atoms with Crippen LogP contribution in [0.25, 0.3) is 0 Å². The summed E-state index contributed by atoms with van der Waals surface area (Å²) in [6, 6.07) is 0. The fourth-order valence-electron chi connectivity index (χ4n) is 2.40. The minimum atomic E-state index is -0.276. The maximum Gasteiger partial charge on any atom is 0.330 e. The third-order valence-corrected chi connectivity index (χ3v) is 3.85. The lowest BCUT2D eigenvalue weighted by atomic mass is 9.97. The van der Waals surface area contributed by atoms with Crippen molar-refractivity contribution in [2.24, 2.45) is 5.92 Å². The molecule has 0 aliphatic carbocycles. The second-order valence-electron chi connectivity index (χ2n) is 6.87. The fraction of sp³-hybridized carbons (Fsp3) is 0.591. The van der Waals surface area contributed by atoms with Gasteiger partial charge in [-0.1, -0.05) is 48.8 Å². The summed E-state index contributed by atoms with van der Waals surface area (Å²) in [7, 11) is 0. The molecule has 136 valence electrons. The Balaban J connectivity index is 4.08. The SMILES string of the molecule is CCOC(=O)C=C(C)C=CC=C(C)CCCC(C)CCC=C(C)C. The molecule has 2 nitrogen and oxygen atoms in total. The van der Waals surface area contributed by atoms with Gasteiger partial charge in [0.1, 0.15) is 0 Å². The van der Waals surface area contributed by atoms with E-state index in [2.05, 4.69) is 39.8 Å². The van der Waals surface area contributed by atoms with Gasteiger partial charge in [0.15, 0.2) is 0 Å². The van der Waals surface area contributed by atoms with E-state index in [1.807, 2.05) is 26.0 Å². The van der Waals surface area contributed by atoms with Crippen LogP contribution in [0.4, 0.5) is 0 Å². The third-order valence-electron chi connectivity index (χ3n) is 3.85. The molecule has 1 unspecified atom stereocenters. The van der Waals surface area contributed by atoms with Crippen molar-refractivity contribution in [3.8, 4) is 0 Å².